The molecule has 0 spiro atoms. The lowest BCUT2D eigenvalue weighted by Crippen LogP contribution is -2.33. The minimum atomic E-state index is -0.713. The molecule has 0 bridgehead atoms. The van der Waals surface area contributed by atoms with Crippen LogP contribution in [0.15, 0.2) is 48.5 Å². The lowest BCUT2D eigenvalue weighted by molar-refractivity contribution is -0.233. The fraction of sp³-hybridized carbons (Fsp3) is 0.294. The van der Waals surface area contributed by atoms with Crippen LogP contribution in [-0.2, 0) is 20.8 Å². The highest BCUT2D eigenvalue weighted by Gasteiger charge is 2.25. The predicted molar refractivity (Wildman–Crippen MR) is 76.0 cm³/mol. The maximum Gasteiger partial charge on any atom is 0.186 e. The number of hydrogen-bond donors (Lipinski definition) is 0. The van der Waals surface area contributed by atoms with E-state index in [1.807, 2.05) is 0 Å². The van der Waals surface area contributed by atoms with Crippen molar-refractivity contribution in [3.05, 3.63) is 71.3 Å². The van der Waals surface area contributed by atoms with Crippen LogP contribution < -0.4 is 0 Å². The summed E-state index contributed by atoms with van der Waals surface area (Å²) in [5.41, 5.74) is 1.13. The largest absolute Gasteiger partial charge is 0.369 e. The summed E-state index contributed by atoms with van der Waals surface area (Å²) >= 11 is 0. The van der Waals surface area contributed by atoms with Crippen LogP contribution in [0.5, 0.6) is 0 Å². The van der Waals surface area contributed by atoms with Gasteiger partial charge in [0.2, 0.25) is 0 Å². The van der Waals surface area contributed by atoms with Gasteiger partial charge in [0.15, 0.2) is 6.29 Å². The topological polar surface area (TPSA) is 27.7 Å². The lowest BCUT2D eigenvalue weighted by atomic mass is 10.2. The van der Waals surface area contributed by atoms with Crippen LogP contribution in [0, 0.1) is 11.6 Å². The molecule has 3 rings (SSSR count). The number of benzene rings is 2. The second kappa shape index (κ2) is 6.96. The van der Waals surface area contributed by atoms with Crippen LogP contribution in [0.2, 0.25) is 0 Å². The minimum Gasteiger partial charge on any atom is -0.369 e. The van der Waals surface area contributed by atoms with Gasteiger partial charge in [-0.2, -0.15) is 0 Å². The average Bonchev–Trinajstić information content (AvgIpc) is 2.54. The van der Waals surface area contributed by atoms with Crippen LogP contribution in [0.4, 0.5) is 8.78 Å². The molecule has 22 heavy (non-hydrogen) atoms. The van der Waals surface area contributed by atoms with Crippen molar-refractivity contribution in [3.8, 4) is 0 Å². The molecule has 1 saturated heterocycles. The normalized spacial score (nSPS) is 21.7. The van der Waals surface area contributed by atoms with Gasteiger partial charge in [-0.05, 0) is 23.8 Å². The second-order valence-electron chi connectivity index (χ2n) is 5.08. The van der Waals surface area contributed by atoms with E-state index >= 15 is 0 Å². The van der Waals surface area contributed by atoms with E-state index in [2.05, 4.69) is 0 Å². The van der Waals surface area contributed by atoms with Crippen molar-refractivity contribution in [1.82, 2.24) is 0 Å². The van der Waals surface area contributed by atoms with Crippen molar-refractivity contribution in [2.45, 2.75) is 19.0 Å². The van der Waals surface area contributed by atoms with E-state index in [0.29, 0.717) is 18.8 Å². The van der Waals surface area contributed by atoms with Crippen molar-refractivity contribution in [2.75, 3.05) is 13.2 Å². The van der Waals surface area contributed by atoms with E-state index in [4.69, 9.17) is 14.2 Å². The van der Waals surface area contributed by atoms with Crippen molar-refractivity contribution in [3.63, 3.8) is 0 Å². The fourth-order valence-corrected chi connectivity index (χ4v) is 2.27. The molecule has 0 saturated carbocycles. The zero-order chi connectivity index (χ0) is 15.4. The smallest absolute Gasteiger partial charge is 0.186 e. The Labute approximate surface area is 127 Å². The Hall–Kier alpha value is -1.82. The Morgan fingerprint density at radius 1 is 1.00 bits per heavy atom. The quantitative estimate of drug-likeness (QED) is 0.864. The van der Waals surface area contributed by atoms with Gasteiger partial charge in [-0.15, -0.1) is 0 Å². The molecular formula is C17H16F2O3. The lowest BCUT2D eigenvalue weighted by Gasteiger charge is -2.29. The van der Waals surface area contributed by atoms with E-state index in [0.717, 1.165) is 5.56 Å². The summed E-state index contributed by atoms with van der Waals surface area (Å²) in [6.07, 6.45) is -0.971. The van der Waals surface area contributed by atoms with E-state index in [-0.39, 0.29) is 24.3 Å². The molecule has 0 N–H and O–H groups in total. The zero-order valence-corrected chi connectivity index (χ0v) is 11.9. The first-order valence-electron chi connectivity index (χ1n) is 7.06. The third-order valence-corrected chi connectivity index (χ3v) is 3.40. The number of ether oxygens (including phenoxy) is 3. The molecule has 2 aromatic rings. The first-order valence-corrected chi connectivity index (χ1v) is 7.06. The maximum absolute atomic E-state index is 13.7. The summed E-state index contributed by atoms with van der Waals surface area (Å²) in [5, 5.41) is 0. The van der Waals surface area contributed by atoms with Crippen molar-refractivity contribution < 1.29 is 23.0 Å². The Bertz CT molecular complexity index is 625. The Balaban J connectivity index is 1.51. The van der Waals surface area contributed by atoms with Crippen LogP contribution in [0.25, 0.3) is 0 Å². The molecule has 1 aliphatic rings. The highest BCUT2D eigenvalue weighted by molar-refractivity contribution is 5.19. The second-order valence-corrected chi connectivity index (χ2v) is 5.08. The van der Waals surface area contributed by atoms with Crippen LogP contribution in [0.1, 0.15) is 17.4 Å². The third-order valence-electron chi connectivity index (χ3n) is 3.40. The summed E-state index contributed by atoms with van der Waals surface area (Å²) < 4.78 is 43.4. The van der Waals surface area contributed by atoms with Crippen LogP contribution in [-0.4, -0.2) is 19.3 Å². The summed E-state index contributed by atoms with van der Waals surface area (Å²) in [6, 6.07) is 12.6. The highest BCUT2D eigenvalue weighted by Crippen LogP contribution is 2.26. The van der Waals surface area contributed by atoms with Gasteiger partial charge in [0.05, 0.1) is 19.8 Å². The van der Waals surface area contributed by atoms with Gasteiger partial charge < -0.3 is 14.2 Å². The van der Waals surface area contributed by atoms with Crippen molar-refractivity contribution >= 4 is 0 Å². The first kappa shape index (κ1) is 15.1. The van der Waals surface area contributed by atoms with E-state index in [9.17, 15) is 8.78 Å². The number of hydrogen-bond acceptors (Lipinski definition) is 3. The SMILES string of the molecule is Fc1cccc(CO[C@H]2CO[C@@H](c3ccccc3F)OC2)c1. The Kier molecular flexibility index (Phi) is 4.77. The van der Waals surface area contributed by atoms with Crippen molar-refractivity contribution in [2.24, 2.45) is 0 Å². The molecule has 3 nitrogen and oxygen atoms in total. The Morgan fingerprint density at radius 2 is 1.77 bits per heavy atom. The first-order chi connectivity index (χ1) is 10.7. The predicted octanol–water partition coefficient (Wildman–Crippen LogP) is 3.60. The molecule has 0 unspecified atom stereocenters. The van der Waals surface area contributed by atoms with E-state index < -0.39 is 6.29 Å². The zero-order valence-electron chi connectivity index (χ0n) is 11.9. The van der Waals surface area contributed by atoms with Gasteiger partial charge in [-0.3, -0.25) is 0 Å². The monoisotopic (exact) mass is 306 g/mol. The molecule has 1 fully saturated rings. The van der Waals surface area contributed by atoms with Crippen LogP contribution >= 0.6 is 0 Å². The fourth-order valence-electron chi connectivity index (χ4n) is 2.27. The molecule has 0 radical (unpaired) electrons. The summed E-state index contributed by atoms with van der Waals surface area (Å²) in [4.78, 5) is 0. The maximum atomic E-state index is 13.7. The minimum absolute atomic E-state index is 0.258. The van der Waals surface area contributed by atoms with Gasteiger partial charge in [0.1, 0.15) is 17.7 Å². The average molecular weight is 306 g/mol. The molecule has 2 aromatic carbocycles. The van der Waals surface area contributed by atoms with E-state index in [1.54, 1.807) is 30.3 Å². The highest BCUT2D eigenvalue weighted by atomic mass is 19.1. The third kappa shape index (κ3) is 3.68. The standard InChI is InChI=1S/C17H16F2O3/c18-13-5-3-4-12(8-13)9-20-14-10-21-17(22-11-14)15-6-1-2-7-16(15)19/h1-8,14,17H,9-11H2/t14-,17+. The molecule has 1 heterocycles. The molecule has 1 aliphatic heterocycles. The molecule has 5 heteroatoms. The van der Waals surface area contributed by atoms with E-state index in [1.165, 1.54) is 18.2 Å². The van der Waals surface area contributed by atoms with Gasteiger partial charge >= 0.3 is 0 Å². The van der Waals surface area contributed by atoms with Gasteiger partial charge in [0, 0.05) is 5.56 Å². The number of halogens is 2. The molecule has 0 aliphatic carbocycles. The van der Waals surface area contributed by atoms with Gasteiger partial charge in [-0.1, -0.05) is 30.3 Å². The Morgan fingerprint density at radius 3 is 2.50 bits per heavy atom. The van der Waals surface area contributed by atoms with Gasteiger partial charge in [-0.25, -0.2) is 8.78 Å². The van der Waals surface area contributed by atoms with Gasteiger partial charge in [0.25, 0.3) is 0 Å². The summed E-state index contributed by atoms with van der Waals surface area (Å²) in [6.45, 7) is 0.877. The molecular weight excluding hydrogens is 290 g/mol. The summed E-state index contributed by atoms with van der Waals surface area (Å²) in [7, 11) is 0. The van der Waals surface area contributed by atoms with Crippen molar-refractivity contribution in [1.29, 1.82) is 0 Å². The molecule has 0 aromatic heterocycles. The molecule has 116 valence electrons. The number of rotatable bonds is 4. The van der Waals surface area contributed by atoms with Crippen LogP contribution in [0.3, 0.4) is 0 Å². The molecule has 0 amide bonds. The molecule has 0 atom stereocenters. The summed E-state index contributed by atoms with van der Waals surface area (Å²) in [5.74, 6) is -0.650.